The van der Waals surface area contributed by atoms with Gasteiger partial charge in [-0.1, -0.05) is 58.9 Å². The Morgan fingerprint density at radius 1 is 1.00 bits per heavy atom. The molecule has 0 aliphatic carbocycles. The summed E-state index contributed by atoms with van der Waals surface area (Å²) in [6.07, 6.45) is 0.167. The highest BCUT2D eigenvalue weighted by atomic mass is 32.2. The Hall–Kier alpha value is -2.57. The van der Waals surface area contributed by atoms with Gasteiger partial charge in [0.1, 0.15) is 0 Å². The van der Waals surface area contributed by atoms with Gasteiger partial charge in [0, 0.05) is 21.6 Å². The molecule has 1 amide bonds. The minimum atomic E-state index is -0.332. The molecule has 0 saturated carbocycles. The topological polar surface area (TPSA) is 55.4 Å². The first-order chi connectivity index (χ1) is 17.4. The lowest BCUT2D eigenvalue weighted by Crippen LogP contribution is -2.25. The minimum absolute atomic E-state index is 0.139. The molecule has 0 unspecified atom stereocenters. The van der Waals surface area contributed by atoms with E-state index in [4.69, 9.17) is 0 Å². The molecule has 6 heteroatoms. The van der Waals surface area contributed by atoms with E-state index in [0.717, 1.165) is 0 Å². The largest absolute Gasteiger partial charge is 0.469 e. The first-order valence-electron chi connectivity index (χ1n) is 12.7. The van der Waals surface area contributed by atoms with Crippen LogP contribution in [-0.2, 0) is 14.9 Å². The molecule has 0 radical (unpaired) electrons. The van der Waals surface area contributed by atoms with Gasteiger partial charge in [0.2, 0.25) is 0 Å². The van der Waals surface area contributed by atoms with Crippen LogP contribution in [0, 0.1) is 19.8 Å². The van der Waals surface area contributed by atoms with E-state index in [1.54, 1.807) is 0 Å². The predicted octanol–water partition coefficient (Wildman–Crippen LogP) is 8.11. The zero-order valence-electron chi connectivity index (χ0n) is 23.2. The third-order valence-electron chi connectivity index (χ3n) is 6.39. The first-order valence-corrected chi connectivity index (χ1v) is 14.4. The fourth-order valence-electron chi connectivity index (χ4n) is 4.35. The highest BCUT2D eigenvalue weighted by Crippen LogP contribution is 2.45. The smallest absolute Gasteiger partial charge is 0.307 e. The molecule has 1 N–H and O–H groups in total. The van der Waals surface area contributed by atoms with Crippen molar-refractivity contribution in [1.29, 1.82) is 0 Å². The number of rotatable bonds is 9. The molecule has 1 atom stereocenters. The van der Waals surface area contributed by atoms with Gasteiger partial charge < -0.3 is 10.1 Å². The van der Waals surface area contributed by atoms with Crippen molar-refractivity contribution in [1.82, 2.24) is 5.32 Å². The number of ether oxygens (including phenoxy) is 1. The molecule has 0 saturated heterocycles. The molecule has 0 spiro atoms. The number of benzene rings is 2. The molecule has 3 aromatic rings. The van der Waals surface area contributed by atoms with Gasteiger partial charge in [-0.25, -0.2) is 0 Å². The minimum Gasteiger partial charge on any atom is -0.469 e. The Morgan fingerprint density at radius 2 is 1.62 bits per heavy atom. The fourth-order valence-corrected chi connectivity index (χ4v) is 6.97. The first kappa shape index (κ1) is 29.0. The highest BCUT2D eigenvalue weighted by molar-refractivity contribution is 7.99. The lowest BCUT2D eigenvalue weighted by atomic mass is 9.85. The number of thioether (sulfide) groups is 1. The fraction of sp³-hybridized carbons (Fsp3) is 0.419. The Labute approximate surface area is 230 Å². The van der Waals surface area contributed by atoms with Crippen LogP contribution in [0.3, 0.4) is 0 Å². The molecule has 0 fully saturated rings. The summed E-state index contributed by atoms with van der Waals surface area (Å²) >= 11 is 3.38. The van der Waals surface area contributed by atoms with E-state index in [1.165, 1.54) is 56.0 Å². The van der Waals surface area contributed by atoms with Crippen molar-refractivity contribution in [2.45, 2.75) is 70.4 Å². The van der Waals surface area contributed by atoms with Crippen LogP contribution in [0.5, 0.6) is 0 Å². The molecule has 4 nitrogen and oxygen atoms in total. The van der Waals surface area contributed by atoms with Gasteiger partial charge >= 0.3 is 5.97 Å². The van der Waals surface area contributed by atoms with E-state index >= 15 is 0 Å². The zero-order valence-corrected chi connectivity index (χ0v) is 24.9. The summed E-state index contributed by atoms with van der Waals surface area (Å²) in [5, 5.41) is 3.04. The molecule has 37 heavy (non-hydrogen) atoms. The normalized spacial score (nSPS) is 12.5. The second-order valence-electron chi connectivity index (χ2n) is 10.8. The summed E-state index contributed by atoms with van der Waals surface area (Å²) in [4.78, 5) is 26.9. The van der Waals surface area contributed by atoms with Crippen LogP contribution in [0.15, 0.2) is 53.4 Å². The van der Waals surface area contributed by atoms with Gasteiger partial charge in [-0.15, -0.1) is 23.1 Å². The van der Waals surface area contributed by atoms with Crippen LogP contribution in [-0.4, -0.2) is 25.5 Å². The van der Waals surface area contributed by atoms with Gasteiger partial charge in [0.05, 0.1) is 18.4 Å². The van der Waals surface area contributed by atoms with Gasteiger partial charge in [-0.3, -0.25) is 9.59 Å². The maximum Gasteiger partial charge on any atom is 0.307 e. The van der Waals surface area contributed by atoms with E-state index in [-0.39, 0.29) is 35.5 Å². The summed E-state index contributed by atoms with van der Waals surface area (Å²) < 4.78 is 4.63. The predicted molar refractivity (Wildman–Crippen MR) is 157 cm³/mol. The number of hydrogen-bond donors (Lipinski definition) is 1. The second kappa shape index (κ2) is 12.3. The van der Waals surface area contributed by atoms with Gasteiger partial charge in [-0.05, 0) is 77.3 Å². The summed E-state index contributed by atoms with van der Waals surface area (Å²) in [5.74, 6) is -0.0905. The maximum atomic E-state index is 12.6. The average Bonchev–Trinajstić information content (AvgIpc) is 3.31. The lowest BCUT2D eigenvalue weighted by molar-refractivity contribution is -0.140. The molecule has 2 aromatic carbocycles. The average molecular weight is 538 g/mol. The van der Waals surface area contributed by atoms with Crippen molar-refractivity contribution in [3.05, 3.63) is 75.0 Å². The number of aryl methyl sites for hydroxylation is 2. The number of thiophene rings is 1. The Balaban J connectivity index is 1.77. The number of carbonyl (C=O) groups excluding carboxylic acids is 2. The number of esters is 1. The third kappa shape index (κ3) is 7.48. The molecule has 0 bridgehead atoms. The molecule has 0 aliphatic rings. The number of nitrogens with one attached hydrogen (secondary N) is 1. The second-order valence-corrected chi connectivity index (χ2v) is 13.2. The van der Waals surface area contributed by atoms with Gasteiger partial charge in [-0.2, -0.15) is 0 Å². The summed E-state index contributed by atoms with van der Waals surface area (Å²) in [7, 11) is 1.35. The molecule has 3 rings (SSSR count). The highest BCUT2D eigenvalue weighted by Gasteiger charge is 2.22. The van der Waals surface area contributed by atoms with Gasteiger partial charge in [0.15, 0.2) is 0 Å². The Morgan fingerprint density at radius 3 is 2.16 bits per heavy atom. The Bertz CT molecular complexity index is 1210. The number of methoxy groups -OCH3 is 1. The number of carbonyl (C=O) groups is 2. The van der Waals surface area contributed by atoms with Crippen molar-refractivity contribution in [3.63, 3.8) is 0 Å². The van der Waals surface area contributed by atoms with Gasteiger partial charge in [0.25, 0.3) is 5.91 Å². The van der Waals surface area contributed by atoms with Crippen molar-refractivity contribution in [2.24, 2.45) is 5.92 Å². The van der Waals surface area contributed by atoms with Crippen LogP contribution in [0.2, 0.25) is 0 Å². The quantitative estimate of drug-likeness (QED) is 0.221. The zero-order chi connectivity index (χ0) is 27.3. The summed E-state index contributed by atoms with van der Waals surface area (Å²) in [6.45, 7) is 15.8. The summed E-state index contributed by atoms with van der Waals surface area (Å²) in [5.41, 5.74) is 6.57. The number of hydrogen-bond acceptors (Lipinski definition) is 5. The van der Waals surface area contributed by atoms with E-state index in [0.29, 0.717) is 10.8 Å². The molecule has 1 heterocycles. The van der Waals surface area contributed by atoms with Crippen LogP contribution in [0.1, 0.15) is 77.5 Å². The van der Waals surface area contributed by atoms with Crippen LogP contribution >= 0.6 is 23.1 Å². The summed E-state index contributed by atoms with van der Waals surface area (Å²) in [6, 6.07) is 17.5. The molecule has 198 valence electrons. The van der Waals surface area contributed by atoms with E-state index < -0.39 is 0 Å². The van der Waals surface area contributed by atoms with Crippen LogP contribution in [0.4, 0.5) is 0 Å². The monoisotopic (exact) mass is 537 g/mol. The Kier molecular flexibility index (Phi) is 9.65. The molecule has 1 aromatic heterocycles. The molecular weight excluding hydrogens is 498 g/mol. The van der Waals surface area contributed by atoms with Crippen molar-refractivity contribution >= 4 is 35.0 Å². The van der Waals surface area contributed by atoms with E-state index in [2.05, 4.69) is 101 Å². The van der Waals surface area contributed by atoms with Crippen molar-refractivity contribution in [3.8, 4) is 11.1 Å². The standard InChI is InChI=1S/C31H39NO3S2/c1-19(2)29(25-13-14-26(37-25)30(34)32-16-15-27(33)35-8)36-24-17-20(3)28(21(4)18-24)22-9-11-23(12-10-22)31(5,6)7/h9-14,17-19,29H,15-16H2,1-8H3,(H,32,34)/t29-/m1/s1. The number of amides is 1. The van der Waals surface area contributed by atoms with Crippen LogP contribution in [0.25, 0.3) is 11.1 Å². The SMILES string of the molecule is COC(=O)CCNC(=O)c1ccc([C@H](Sc2cc(C)c(-c3ccc(C(C)(C)C)cc3)c(C)c2)C(C)C)s1. The van der Waals surface area contributed by atoms with Crippen molar-refractivity contribution < 1.29 is 14.3 Å². The molecular formula is C31H39NO3S2. The molecule has 0 aliphatic heterocycles. The van der Waals surface area contributed by atoms with E-state index in [9.17, 15) is 9.59 Å². The van der Waals surface area contributed by atoms with E-state index in [1.807, 2.05) is 17.8 Å². The third-order valence-corrected chi connectivity index (χ3v) is 9.26. The maximum absolute atomic E-state index is 12.6. The van der Waals surface area contributed by atoms with Crippen molar-refractivity contribution in [2.75, 3.05) is 13.7 Å². The lowest BCUT2D eigenvalue weighted by Gasteiger charge is -2.22. The van der Waals surface area contributed by atoms with Crippen LogP contribution < -0.4 is 5.32 Å².